The number of rotatable bonds is 2. The molecule has 0 amide bonds. The molecule has 0 fully saturated rings. The van der Waals surface area contributed by atoms with Crippen LogP contribution in [0.15, 0.2) is 30.5 Å². The van der Waals surface area contributed by atoms with Crippen LogP contribution in [0.4, 0.5) is 5.69 Å². The maximum atomic E-state index is 2.24. The summed E-state index contributed by atoms with van der Waals surface area (Å²) in [7, 11) is 0. The van der Waals surface area contributed by atoms with Crippen molar-refractivity contribution >= 4 is 11.8 Å². The van der Waals surface area contributed by atoms with Crippen LogP contribution in [0.2, 0.25) is 0 Å². The van der Waals surface area contributed by atoms with Crippen LogP contribution in [0.5, 0.6) is 0 Å². The Hall–Kier alpha value is -0.350. The highest BCUT2D eigenvalue weighted by atomic mass is 127. The summed E-state index contributed by atoms with van der Waals surface area (Å²) in [5.41, 5.74) is 2.81. The normalized spacial score (nSPS) is 18.1. The Bertz CT molecular complexity index is 307. The molecule has 0 aliphatic carbocycles. The summed E-state index contributed by atoms with van der Waals surface area (Å²) in [4.78, 5) is 1.49. The average molecular weight is 287 g/mol. The van der Waals surface area contributed by atoms with Crippen molar-refractivity contribution in [1.29, 1.82) is 0 Å². The highest BCUT2D eigenvalue weighted by Gasteiger charge is 2.16. The van der Waals surface area contributed by atoms with Crippen LogP contribution < -0.4 is 28.9 Å². The molecule has 1 aliphatic heterocycles. The van der Waals surface area contributed by atoms with Crippen LogP contribution in [-0.4, -0.2) is 6.54 Å². The molecule has 0 bridgehead atoms. The average Bonchev–Trinajstić information content (AvgIpc) is 2.50. The number of halogens is 1. The van der Waals surface area contributed by atoms with Gasteiger partial charge in [0.25, 0.3) is 0 Å². The van der Waals surface area contributed by atoms with E-state index in [1.54, 1.807) is 0 Å². The van der Waals surface area contributed by atoms with E-state index in [2.05, 4.69) is 43.5 Å². The van der Waals surface area contributed by atoms with Gasteiger partial charge in [0, 0.05) is 17.7 Å². The molecule has 1 aliphatic rings. The maximum absolute atomic E-state index is 2.24. The maximum Gasteiger partial charge on any atom is 0.143 e. The fraction of sp³-hybridized carbons (Fsp3) is 0.273. The first kappa shape index (κ1) is 10.7. The van der Waals surface area contributed by atoms with Crippen LogP contribution in [0, 0.1) is 0 Å². The molecule has 1 nitrogen and oxygen atoms in total. The zero-order chi connectivity index (χ0) is 8.39. The Morgan fingerprint density at radius 2 is 2.00 bits per heavy atom. The summed E-state index contributed by atoms with van der Waals surface area (Å²) in [5, 5.41) is 0. The van der Waals surface area contributed by atoms with E-state index in [1.807, 2.05) is 0 Å². The predicted molar refractivity (Wildman–Crippen MR) is 51.3 cm³/mol. The van der Waals surface area contributed by atoms with Crippen LogP contribution >= 0.6 is 0 Å². The van der Waals surface area contributed by atoms with Crippen LogP contribution in [0.25, 0.3) is 6.08 Å². The van der Waals surface area contributed by atoms with E-state index < -0.39 is 0 Å². The molecule has 0 aromatic heterocycles. The first-order chi connectivity index (χ1) is 5.92. The van der Waals surface area contributed by atoms with E-state index in [4.69, 9.17) is 0 Å². The number of quaternary nitrogens is 1. The Labute approximate surface area is 96.5 Å². The minimum atomic E-state index is 0. The molecule has 13 heavy (non-hydrogen) atoms. The molecule has 0 radical (unpaired) electrons. The fourth-order valence-electron chi connectivity index (χ4n) is 1.70. The van der Waals surface area contributed by atoms with Crippen molar-refractivity contribution in [3.63, 3.8) is 0 Å². The van der Waals surface area contributed by atoms with E-state index in [-0.39, 0.29) is 24.0 Å². The van der Waals surface area contributed by atoms with Gasteiger partial charge in [0.15, 0.2) is 0 Å². The first-order valence-electron chi connectivity index (χ1n) is 4.55. The molecular weight excluding hydrogens is 273 g/mol. The zero-order valence-corrected chi connectivity index (χ0v) is 9.91. The van der Waals surface area contributed by atoms with Gasteiger partial charge in [0.1, 0.15) is 11.9 Å². The van der Waals surface area contributed by atoms with Crippen LogP contribution in [0.3, 0.4) is 0 Å². The lowest BCUT2D eigenvalue weighted by Crippen LogP contribution is -3.01. The van der Waals surface area contributed by atoms with E-state index in [9.17, 15) is 0 Å². The van der Waals surface area contributed by atoms with Crippen LogP contribution in [0.1, 0.15) is 18.9 Å². The first-order valence-corrected chi connectivity index (χ1v) is 4.55. The van der Waals surface area contributed by atoms with Crippen molar-refractivity contribution in [2.45, 2.75) is 13.3 Å². The Morgan fingerprint density at radius 1 is 1.23 bits per heavy atom. The molecule has 0 saturated heterocycles. The summed E-state index contributed by atoms with van der Waals surface area (Å²) in [6, 6.07) is 8.59. The van der Waals surface area contributed by atoms with Gasteiger partial charge in [0.2, 0.25) is 0 Å². The monoisotopic (exact) mass is 287 g/mol. The Balaban J connectivity index is 0.000000845. The standard InChI is InChI=1S/C11H13N.HI/c1-2-8-12-9-7-10-5-3-4-6-11(10)12;/h3-7,9H,2,8H2,1H3;1H. The highest BCUT2D eigenvalue weighted by Crippen LogP contribution is 2.15. The molecule has 1 heterocycles. The summed E-state index contributed by atoms with van der Waals surface area (Å²) >= 11 is 0. The Morgan fingerprint density at radius 3 is 2.77 bits per heavy atom. The number of hydrogen-bond acceptors (Lipinski definition) is 0. The smallest absolute Gasteiger partial charge is 0.143 e. The number of benzene rings is 1. The van der Waals surface area contributed by atoms with E-state index in [0.29, 0.717) is 0 Å². The highest BCUT2D eigenvalue weighted by molar-refractivity contribution is 5.63. The van der Waals surface area contributed by atoms with Gasteiger partial charge in [-0.3, -0.25) is 4.90 Å². The zero-order valence-electron chi connectivity index (χ0n) is 7.76. The molecule has 1 atom stereocenters. The second-order valence-electron chi connectivity index (χ2n) is 3.20. The van der Waals surface area contributed by atoms with Crippen LogP contribution in [-0.2, 0) is 0 Å². The molecule has 1 N–H and O–H groups in total. The minimum absolute atomic E-state index is 0. The molecule has 0 spiro atoms. The molecule has 1 aromatic rings. The van der Waals surface area contributed by atoms with Crippen molar-refractivity contribution in [2.75, 3.05) is 6.54 Å². The van der Waals surface area contributed by atoms with Gasteiger partial charge in [0.05, 0.1) is 6.54 Å². The van der Waals surface area contributed by atoms with E-state index in [1.165, 1.54) is 29.1 Å². The molecule has 2 heteroatoms. The van der Waals surface area contributed by atoms with Gasteiger partial charge in [-0.1, -0.05) is 19.1 Å². The molecule has 1 unspecified atom stereocenters. The number of nitrogens with one attached hydrogen (secondary N) is 1. The van der Waals surface area contributed by atoms with Gasteiger partial charge in [-0.25, -0.2) is 0 Å². The minimum Gasteiger partial charge on any atom is -1.00 e. The van der Waals surface area contributed by atoms with Gasteiger partial charge in [-0.2, -0.15) is 0 Å². The fourth-order valence-corrected chi connectivity index (χ4v) is 1.70. The lowest BCUT2D eigenvalue weighted by atomic mass is 10.2. The van der Waals surface area contributed by atoms with Gasteiger partial charge in [-0.05, 0) is 12.5 Å². The SMILES string of the molecule is CCC[NH+]1C=Cc2ccccc21.[I-]. The third-order valence-corrected chi connectivity index (χ3v) is 2.29. The second kappa shape index (κ2) is 4.77. The number of hydrogen-bond donors (Lipinski definition) is 1. The van der Waals surface area contributed by atoms with E-state index >= 15 is 0 Å². The molecule has 0 saturated carbocycles. The summed E-state index contributed by atoms with van der Waals surface area (Å²) in [5.74, 6) is 0. The Kier molecular flexibility index (Phi) is 3.93. The van der Waals surface area contributed by atoms with Crippen molar-refractivity contribution in [2.24, 2.45) is 0 Å². The summed E-state index contributed by atoms with van der Waals surface area (Å²) in [6.07, 6.45) is 5.68. The topological polar surface area (TPSA) is 4.44 Å². The molecule has 1 aromatic carbocycles. The van der Waals surface area contributed by atoms with E-state index in [0.717, 1.165) is 0 Å². The molecule has 2 rings (SSSR count). The third-order valence-electron chi connectivity index (χ3n) is 2.29. The lowest BCUT2D eigenvalue weighted by Gasteiger charge is -2.09. The second-order valence-corrected chi connectivity index (χ2v) is 3.20. The summed E-state index contributed by atoms with van der Waals surface area (Å²) in [6.45, 7) is 3.43. The van der Waals surface area contributed by atoms with Gasteiger partial charge >= 0.3 is 0 Å². The lowest BCUT2D eigenvalue weighted by molar-refractivity contribution is -0.771. The van der Waals surface area contributed by atoms with Crippen molar-refractivity contribution in [1.82, 2.24) is 0 Å². The molecular formula is C11H14IN. The largest absolute Gasteiger partial charge is 1.00 e. The summed E-state index contributed by atoms with van der Waals surface area (Å²) < 4.78 is 0. The van der Waals surface area contributed by atoms with Crippen molar-refractivity contribution < 1.29 is 28.9 Å². The van der Waals surface area contributed by atoms with Crippen molar-refractivity contribution in [3.05, 3.63) is 36.0 Å². The number of fused-ring (bicyclic) bond motifs is 1. The number of para-hydroxylation sites is 1. The van der Waals surface area contributed by atoms with Gasteiger partial charge < -0.3 is 24.0 Å². The third kappa shape index (κ3) is 2.11. The predicted octanol–water partition coefficient (Wildman–Crippen LogP) is -1.40. The van der Waals surface area contributed by atoms with Crippen molar-refractivity contribution in [3.8, 4) is 0 Å². The quantitative estimate of drug-likeness (QED) is 0.638. The van der Waals surface area contributed by atoms with Gasteiger partial charge in [-0.15, -0.1) is 0 Å². The molecule has 70 valence electrons.